The number of carbonyl (C=O) groups excluding carboxylic acids is 8. The van der Waals surface area contributed by atoms with Crippen molar-refractivity contribution in [2.24, 2.45) is 11.5 Å². The lowest BCUT2D eigenvalue weighted by Crippen LogP contribution is -2.49. The molecule has 11 N–H and O–H groups in total. The van der Waals surface area contributed by atoms with Crippen molar-refractivity contribution in [1.82, 2.24) is 42.1 Å². The summed E-state index contributed by atoms with van der Waals surface area (Å²) in [4.78, 5) is 98.4. The largest absolute Gasteiger partial charge is 0.453 e. The number of rotatable bonds is 28. The molecule has 0 spiro atoms. The van der Waals surface area contributed by atoms with Crippen molar-refractivity contribution in [3.8, 4) is 0 Å². The third-order valence-electron chi connectivity index (χ3n) is 7.70. The highest BCUT2D eigenvalue weighted by molar-refractivity contribution is 5.90. The number of methoxy groups -OCH3 is 2. The average molecular weight is 731 g/mol. The Morgan fingerprint density at radius 2 is 1.00 bits per heavy atom. The number of carbonyl (C=O) groups is 8. The molecule has 51 heavy (non-hydrogen) atoms. The van der Waals surface area contributed by atoms with Gasteiger partial charge < -0.3 is 63.1 Å². The number of hydrogen-bond donors (Lipinski definition) is 9. The van der Waals surface area contributed by atoms with E-state index in [1.165, 1.54) is 7.11 Å². The molecule has 8 amide bonds. The number of primary amides is 2. The van der Waals surface area contributed by atoms with Crippen LogP contribution in [0.15, 0.2) is 0 Å². The molecule has 0 saturated heterocycles. The zero-order valence-corrected chi connectivity index (χ0v) is 30.2. The monoisotopic (exact) mass is 730 g/mol. The van der Waals surface area contributed by atoms with E-state index in [2.05, 4.69) is 46.7 Å². The fraction of sp³-hybridized carbons (Fsp3) is 0.742. The van der Waals surface area contributed by atoms with E-state index < -0.39 is 78.8 Å². The van der Waals surface area contributed by atoms with Gasteiger partial charge in [-0.1, -0.05) is 0 Å². The molecule has 2 unspecified atom stereocenters. The minimum absolute atomic E-state index is 0.153. The van der Waals surface area contributed by atoms with Crippen molar-refractivity contribution >= 4 is 47.6 Å². The van der Waals surface area contributed by atoms with Crippen LogP contribution in [0.25, 0.3) is 0 Å². The Balaban J connectivity index is 5.20. The van der Waals surface area contributed by atoms with E-state index in [9.17, 15) is 38.4 Å². The van der Waals surface area contributed by atoms with Gasteiger partial charge in [0.05, 0.1) is 26.3 Å². The standard InChI is InChI=1S/C31H58N10O10/c1-34-21(27(32)45)11-5-8-15-36-24(42)19-41(20-25(43)37-16-9-6-12-22(35-2)28(33)46)26(44)14-18-38-29(47)23(40-31(49)51-4)13-7-10-17-39-30(48)50-3/h21-23,34-35H,5-20H2,1-4H3,(H2,32,45)(H2,33,46)(H,36,42)(H,37,43)(H,38,47)(H,39,48)(H,40,49)/t21?,22?,23-/m0/s1. The molecule has 0 aliphatic carbocycles. The quantitative estimate of drug-likeness (QED) is 0.0372. The number of unbranched alkanes of at least 4 members (excludes halogenated alkanes) is 3. The van der Waals surface area contributed by atoms with Crippen molar-refractivity contribution in [1.29, 1.82) is 0 Å². The lowest BCUT2D eigenvalue weighted by molar-refractivity contribution is -0.139. The molecule has 20 nitrogen and oxygen atoms in total. The maximum Gasteiger partial charge on any atom is 0.407 e. The molecule has 20 heteroatoms. The molecule has 0 heterocycles. The van der Waals surface area contributed by atoms with Gasteiger partial charge in [-0.3, -0.25) is 28.8 Å². The Bertz CT molecular complexity index is 1080. The van der Waals surface area contributed by atoms with Crippen LogP contribution in [-0.2, 0) is 38.2 Å². The van der Waals surface area contributed by atoms with Gasteiger partial charge in [-0.25, -0.2) is 9.59 Å². The van der Waals surface area contributed by atoms with Gasteiger partial charge in [0, 0.05) is 32.6 Å². The van der Waals surface area contributed by atoms with E-state index in [4.69, 9.17) is 11.5 Å². The number of nitrogens with two attached hydrogens (primary N) is 2. The summed E-state index contributed by atoms with van der Waals surface area (Å²) in [5.74, 6) is -3.12. The van der Waals surface area contributed by atoms with Gasteiger partial charge in [0.25, 0.3) is 0 Å². The predicted molar refractivity (Wildman–Crippen MR) is 186 cm³/mol. The number of likely N-dealkylation sites (N-methyl/N-ethyl adjacent to an activating group) is 2. The van der Waals surface area contributed by atoms with Crippen LogP contribution in [0.3, 0.4) is 0 Å². The minimum atomic E-state index is -0.990. The summed E-state index contributed by atoms with van der Waals surface area (Å²) in [7, 11) is 5.64. The Labute approximate surface area is 298 Å². The van der Waals surface area contributed by atoms with Gasteiger partial charge in [-0.15, -0.1) is 0 Å². The van der Waals surface area contributed by atoms with Crippen molar-refractivity contribution in [3.05, 3.63) is 0 Å². The zero-order valence-electron chi connectivity index (χ0n) is 30.2. The third kappa shape index (κ3) is 22.6. The van der Waals surface area contributed by atoms with Crippen LogP contribution in [-0.4, -0.2) is 138 Å². The van der Waals surface area contributed by atoms with E-state index in [1.54, 1.807) is 14.1 Å². The summed E-state index contributed by atoms with van der Waals surface area (Å²) in [6.45, 7) is -0.165. The molecule has 0 aromatic heterocycles. The number of ether oxygens (including phenoxy) is 2. The Morgan fingerprint density at radius 3 is 1.41 bits per heavy atom. The second-order valence-corrected chi connectivity index (χ2v) is 11.6. The molecule has 0 radical (unpaired) electrons. The maximum absolute atomic E-state index is 13.2. The highest BCUT2D eigenvalue weighted by Crippen LogP contribution is 2.04. The first-order valence-corrected chi connectivity index (χ1v) is 17.0. The molecule has 0 aromatic rings. The number of nitrogens with zero attached hydrogens (tertiary/aromatic N) is 1. The van der Waals surface area contributed by atoms with E-state index in [1.807, 2.05) is 0 Å². The predicted octanol–water partition coefficient (Wildman–Crippen LogP) is -2.71. The lowest BCUT2D eigenvalue weighted by atomic mass is 10.1. The van der Waals surface area contributed by atoms with Gasteiger partial charge in [0.2, 0.25) is 35.4 Å². The summed E-state index contributed by atoms with van der Waals surface area (Å²) in [5.41, 5.74) is 10.6. The van der Waals surface area contributed by atoms with Crippen molar-refractivity contribution in [2.45, 2.75) is 82.3 Å². The summed E-state index contributed by atoms with van der Waals surface area (Å²) < 4.78 is 9.10. The van der Waals surface area contributed by atoms with E-state index in [0.29, 0.717) is 57.9 Å². The van der Waals surface area contributed by atoms with E-state index in [0.717, 1.165) is 12.0 Å². The molecular weight excluding hydrogens is 672 g/mol. The molecule has 0 saturated carbocycles. The van der Waals surface area contributed by atoms with Crippen LogP contribution in [0.2, 0.25) is 0 Å². The van der Waals surface area contributed by atoms with Crippen LogP contribution in [0.1, 0.15) is 64.2 Å². The minimum Gasteiger partial charge on any atom is -0.453 e. The fourth-order valence-electron chi connectivity index (χ4n) is 4.73. The highest BCUT2D eigenvalue weighted by atomic mass is 16.5. The number of alkyl carbamates (subject to hydrolysis) is 2. The molecule has 292 valence electrons. The first kappa shape index (κ1) is 46.3. The van der Waals surface area contributed by atoms with Gasteiger partial charge in [0.1, 0.15) is 19.1 Å². The van der Waals surface area contributed by atoms with Crippen LogP contribution >= 0.6 is 0 Å². The summed E-state index contributed by atoms with van der Waals surface area (Å²) in [5, 5.41) is 18.6. The van der Waals surface area contributed by atoms with Crippen molar-refractivity contribution < 1.29 is 47.8 Å². The van der Waals surface area contributed by atoms with Gasteiger partial charge in [-0.05, 0) is 71.9 Å². The van der Waals surface area contributed by atoms with E-state index in [-0.39, 0.29) is 32.5 Å². The van der Waals surface area contributed by atoms with Crippen LogP contribution in [0, 0.1) is 0 Å². The average Bonchev–Trinajstić information content (AvgIpc) is 3.09. The SMILES string of the molecule is CNC(CCCCNC(=O)CN(CC(=O)NCCCCC(NC)C(N)=O)C(=O)CCNC(=O)[C@H](CCCCNC(=O)OC)NC(=O)OC)C(N)=O. The first-order valence-electron chi connectivity index (χ1n) is 17.0. The van der Waals surface area contributed by atoms with Crippen LogP contribution < -0.4 is 48.7 Å². The van der Waals surface area contributed by atoms with Crippen molar-refractivity contribution in [3.63, 3.8) is 0 Å². The molecule has 0 aliphatic heterocycles. The molecule has 0 aromatic carbocycles. The summed E-state index contributed by atoms with van der Waals surface area (Å²) >= 11 is 0. The fourth-order valence-corrected chi connectivity index (χ4v) is 4.73. The zero-order chi connectivity index (χ0) is 38.6. The number of nitrogens with one attached hydrogen (secondary N) is 7. The molecule has 3 atom stereocenters. The van der Waals surface area contributed by atoms with Gasteiger partial charge in [-0.2, -0.15) is 0 Å². The second-order valence-electron chi connectivity index (χ2n) is 11.6. The summed E-state index contributed by atoms with van der Waals surface area (Å²) in [6, 6.07) is -1.96. The molecule has 0 fully saturated rings. The Hall–Kier alpha value is -4.72. The van der Waals surface area contributed by atoms with Crippen molar-refractivity contribution in [2.75, 3.05) is 67.6 Å². The first-order chi connectivity index (χ1) is 24.3. The smallest absolute Gasteiger partial charge is 0.407 e. The lowest BCUT2D eigenvalue weighted by Gasteiger charge is -2.23. The molecule has 0 aliphatic rings. The third-order valence-corrected chi connectivity index (χ3v) is 7.70. The number of hydrogen-bond acceptors (Lipinski definition) is 12. The topological polar surface area (TPSA) is 295 Å². The molecule has 0 rings (SSSR count). The van der Waals surface area contributed by atoms with Crippen LogP contribution in [0.5, 0.6) is 0 Å². The molecule has 0 bridgehead atoms. The number of amides is 8. The summed E-state index contributed by atoms with van der Waals surface area (Å²) in [6.07, 6.45) is 2.74. The Morgan fingerprint density at radius 1 is 0.569 bits per heavy atom. The normalized spacial score (nSPS) is 12.3. The second kappa shape index (κ2) is 28.0. The van der Waals surface area contributed by atoms with Gasteiger partial charge in [0.15, 0.2) is 0 Å². The molecular formula is C31H58N10O10. The van der Waals surface area contributed by atoms with E-state index >= 15 is 0 Å². The Kier molecular flexibility index (Phi) is 25.4. The highest BCUT2D eigenvalue weighted by Gasteiger charge is 2.23. The maximum atomic E-state index is 13.2. The van der Waals surface area contributed by atoms with Gasteiger partial charge >= 0.3 is 12.2 Å². The van der Waals surface area contributed by atoms with Crippen LogP contribution in [0.4, 0.5) is 9.59 Å².